The molecule has 0 saturated heterocycles. The fraction of sp³-hybridized carbons (Fsp3) is 0.882. The van der Waals surface area contributed by atoms with E-state index < -0.39 is 18.3 Å². The van der Waals surface area contributed by atoms with Crippen molar-refractivity contribution in [3.8, 4) is 0 Å². The van der Waals surface area contributed by atoms with Gasteiger partial charge >= 0.3 is 0 Å². The van der Waals surface area contributed by atoms with E-state index in [1.54, 1.807) is 0 Å². The van der Waals surface area contributed by atoms with E-state index >= 15 is 0 Å². The Hall–Kier alpha value is 0.497. The highest BCUT2D eigenvalue weighted by molar-refractivity contribution is 6.78. The summed E-state index contributed by atoms with van der Waals surface area (Å²) in [6, 6.07) is 0. The molecule has 124 valence electrons. The Kier molecular flexibility index (Phi) is 6.09. The first kappa shape index (κ1) is 19.5. The summed E-state index contributed by atoms with van der Waals surface area (Å²) >= 11 is 13.0. The topological polar surface area (TPSA) is 9.23 Å². The Balaban J connectivity index is 3.17. The van der Waals surface area contributed by atoms with Crippen molar-refractivity contribution in [2.24, 2.45) is 5.92 Å². The molecule has 1 atom stereocenters. The third kappa shape index (κ3) is 3.71. The second-order valence-electron chi connectivity index (χ2n) is 7.79. The summed E-state index contributed by atoms with van der Waals surface area (Å²) in [6.07, 6.45) is 5.01. The second-order valence-corrected chi connectivity index (χ2v) is 14.7. The lowest BCUT2D eigenvalue weighted by atomic mass is 10.1. The third-order valence-corrected chi connectivity index (χ3v) is 11.8. The molecule has 0 unspecified atom stereocenters. The molecular weight excluding hydrogens is 319 g/mol. The van der Waals surface area contributed by atoms with E-state index in [9.17, 15) is 0 Å². The molecule has 0 spiro atoms. The summed E-state index contributed by atoms with van der Waals surface area (Å²) in [4.78, 5) is 0. The van der Waals surface area contributed by atoms with Crippen molar-refractivity contribution in [3.05, 3.63) is 12.2 Å². The highest BCUT2D eigenvalue weighted by atomic mass is 35.5. The number of hydrogen-bond donors (Lipinski definition) is 0. The highest BCUT2D eigenvalue weighted by Crippen LogP contribution is 2.63. The van der Waals surface area contributed by atoms with Crippen LogP contribution in [0, 0.1) is 5.92 Å². The van der Waals surface area contributed by atoms with Crippen LogP contribution < -0.4 is 0 Å². The molecule has 0 heterocycles. The molecule has 0 aliphatic heterocycles. The lowest BCUT2D eigenvalue weighted by Gasteiger charge is -2.45. The van der Waals surface area contributed by atoms with Crippen LogP contribution in [-0.4, -0.2) is 18.3 Å². The van der Waals surface area contributed by atoms with Crippen LogP contribution in [0.25, 0.3) is 0 Å². The SMILES string of the molecule is CC(C)/C=C/[C@]1(O[Si](C(C)C)(C(C)C)C(C)C)CC1(Cl)Cl. The summed E-state index contributed by atoms with van der Waals surface area (Å²) in [6.45, 7) is 18.1. The molecule has 0 N–H and O–H groups in total. The maximum absolute atomic E-state index is 6.87. The molecule has 21 heavy (non-hydrogen) atoms. The van der Waals surface area contributed by atoms with Crippen LogP contribution in [-0.2, 0) is 4.43 Å². The van der Waals surface area contributed by atoms with Crippen molar-refractivity contribution in [1.82, 2.24) is 0 Å². The third-order valence-electron chi connectivity index (χ3n) is 4.80. The zero-order valence-electron chi connectivity index (χ0n) is 14.8. The smallest absolute Gasteiger partial charge is 0.201 e. The summed E-state index contributed by atoms with van der Waals surface area (Å²) in [5, 5.41) is 0. The summed E-state index contributed by atoms with van der Waals surface area (Å²) in [7, 11) is -1.98. The minimum atomic E-state index is -1.98. The predicted molar refractivity (Wildman–Crippen MR) is 97.9 cm³/mol. The lowest BCUT2D eigenvalue weighted by molar-refractivity contribution is 0.193. The highest BCUT2D eigenvalue weighted by Gasteiger charge is 2.69. The van der Waals surface area contributed by atoms with Crippen LogP contribution in [0.3, 0.4) is 0 Å². The van der Waals surface area contributed by atoms with Crippen molar-refractivity contribution in [2.45, 2.75) is 88.4 Å². The van der Waals surface area contributed by atoms with Crippen molar-refractivity contribution in [3.63, 3.8) is 0 Å². The first-order chi connectivity index (χ1) is 9.41. The molecule has 0 aromatic heterocycles. The van der Waals surface area contributed by atoms with Crippen molar-refractivity contribution >= 4 is 31.5 Å². The molecule has 1 rings (SSSR count). The van der Waals surface area contributed by atoms with Crippen LogP contribution in [0.15, 0.2) is 12.2 Å². The number of alkyl halides is 2. The maximum atomic E-state index is 6.87. The van der Waals surface area contributed by atoms with Crippen molar-refractivity contribution in [1.29, 1.82) is 0 Å². The lowest BCUT2D eigenvalue weighted by Crippen LogP contribution is -2.51. The molecule has 1 aliphatic rings. The zero-order valence-corrected chi connectivity index (χ0v) is 17.3. The number of rotatable bonds is 7. The van der Waals surface area contributed by atoms with E-state index in [-0.39, 0.29) is 0 Å². The fourth-order valence-corrected chi connectivity index (χ4v) is 10.0. The van der Waals surface area contributed by atoms with Gasteiger partial charge in [0.25, 0.3) is 0 Å². The Morgan fingerprint density at radius 2 is 1.29 bits per heavy atom. The molecule has 1 saturated carbocycles. The number of allylic oxidation sites excluding steroid dienone is 1. The van der Waals surface area contributed by atoms with Gasteiger partial charge in [0.15, 0.2) is 4.33 Å². The van der Waals surface area contributed by atoms with Gasteiger partial charge in [-0.15, -0.1) is 0 Å². The molecule has 0 amide bonds. The molecule has 1 fully saturated rings. The molecule has 4 heteroatoms. The first-order valence-corrected chi connectivity index (χ1v) is 11.1. The van der Waals surface area contributed by atoms with Gasteiger partial charge in [0.2, 0.25) is 8.32 Å². The van der Waals surface area contributed by atoms with Crippen molar-refractivity contribution < 1.29 is 4.43 Å². The largest absolute Gasteiger partial charge is 0.404 e. The Labute approximate surface area is 142 Å². The van der Waals surface area contributed by atoms with E-state index in [4.69, 9.17) is 27.6 Å². The standard InChI is InChI=1S/C17H32Cl2OSi/c1-12(2)9-10-16(11-17(16,18)19)20-21(13(3)4,14(5)6)15(7)8/h9-10,12-15H,11H2,1-8H3/b10-9+/t16-/m0/s1. The van der Waals surface area contributed by atoms with E-state index in [2.05, 4.69) is 67.5 Å². The molecule has 0 radical (unpaired) electrons. The average molecular weight is 351 g/mol. The number of hydrogen-bond acceptors (Lipinski definition) is 1. The van der Waals surface area contributed by atoms with E-state index in [1.807, 2.05) is 0 Å². The minimum Gasteiger partial charge on any atom is -0.404 e. The van der Waals surface area contributed by atoms with Crippen LogP contribution in [0.5, 0.6) is 0 Å². The molecule has 1 aliphatic carbocycles. The Morgan fingerprint density at radius 1 is 0.905 bits per heavy atom. The molecule has 0 aromatic rings. The van der Waals surface area contributed by atoms with Gasteiger partial charge in [0.05, 0.1) is 0 Å². The van der Waals surface area contributed by atoms with Gasteiger partial charge in [-0.1, -0.05) is 90.7 Å². The summed E-state index contributed by atoms with van der Waals surface area (Å²) in [5.41, 5.74) is 1.12. The minimum absolute atomic E-state index is 0.475. The molecular formula is C17H32Cl2OSi. The van der Waals surface area contributed by atoms with E-state index in [0.717, 1.165) is 0 Å². The van der Waals surface area contributed by atoms with Gasteiger partial charge in [0.1, 0.15) is 5.60 Å². The van der Waals surface area contributed by atoms with Crippen LogP contribution in [0.4, 0.5) is 0 Å². The normalized spacial score (nSPS) is 25.8. The molecule has 0 aromatic carbocycles. The van der Waals surface area contributed by atoms with Gasteiger partial charge in [-0.2, -0.15) is 0 Å². The zero-order chi connectivity index (χ0) is 16.6. The van der Waals surface area contributed by atoms with E-state index in [1.165, 1.54) is 0 Å². The quantitative estimate of drug-likeness (QED) is 0.281. The Morgan fingerprint density at radius 3 is 1.52 bits per heavy atom. The molecule has 0 bridgehead atoms. The first-order valence-electron chi connectivity index (χ1n) is 8.18. The van der Waals surface area contributed by atoms with Gasteiger partial charge < -0.3 is 4.43 Å². The van der Waals surface area contributed by atoms with Crippen molar-refractivity contribution in [2.75, 3.05) is 0 Å². The monoisotopic (exact) mass is 350 g/mol. The van der Waals surface area contributed by atoms with Crippen LogP contribution in [0.2, 0.25) is 16.6 Å². The van der Waals surface area contributed by atoms with Gasteiger partial charge in [0, 0.05) is 6.42 Å². The van der Waals surface area contributed by atoms with Gasteiger partial charge in [-0.3, -0.25) is 0 Å². The predicted octanol–water partition coefficient (Wildman–Crippen LogP) is 6.71. The maximum Gasteiger partial charge on any atom is 0.201 e. The second kappa shape index (κ2) is 6.55. The molecule has 1 nitrogen and oxygen atoms in total. The average Bonchev–Trinajstić information content (AvgIpc) is 2.84. The van der Waals surface area contributed by atoms with Gasteiger partial charge in [-0.05, 0) is 22.5 Å². The van der Waals surface area contributed by atoms with Crippen LogP contribution >= 0.6 is 23.2 Å². The fourth-order valence-electron chi connectivity index (χ4n) is 3.63. The summed E-state index contributed by atoms with van der Waals surface area (Å²) in [5.74, 6) is 0.475. The Bertz CT molecular complexity index is 366. The van der Waals surface area contributed by atoms with Gasteiger partial charge in [-0.25, -0.2) is 0 Å². The van der Waals surface area contributed by atoms with E-state index in [0.29, 0.717) is 29.0 Å². The number of halogens is 2. The van der Waals surface area contributed by atoms with Crippen LogP contribution in [0.1, 0.15) is 61.8 Å². The summed E-state index contributed by atoms with van der Waals surface area (Å²) < 4.78 is 6.11.